The molecule has 1 aromatic carbocycles. The van der Waals surface area contributed by atoms with Crippen LogP contribution in [0.25, 0.3) is 0 Å². The van der Waals surface area contributed by atoms with E-state index in [2.05, 4.69) is 4.72 Å². The number of aromatic carboxylic acids is 1. The molecule has 1 aliphatic heterocycles. The lowest BCUT2D eigenvalue weighted by Crippen LogP contribution is -2.39. The zero-order valence-electron chi connectivity index (χ0n) is 10.4. The summed E-state index contributed by atoms with van der Waals surface area (Å²) in [5.74, 6) is -1.09. The third-order valence-electron chi connectivity index (χ3n) is 3.09. The van der Waals surface area contributed by atoms with E-state index >= 15 is 0 Å². The maximum atomic E-state index is 12.1. The summed E-state index contributed by atoms with van der Waals surface area (Å²) < 4.78 is 32.1. The van der Waals surface area contributed by atoms with Crippen molar-refractivity contribution in [3.63, 3.8) is 0 Å². The lowest BCUT2D eigenvalue weighted by Gasteiger charge is -2.16. The van der Waals surface area contributed by atoms with E-state index < -0.39 is 16.0 Å². The summed E-state index contributed by atoms with van der Waals surface area (Å²) in [6, 6.07) is 4.86. The molecule has 1 fully saturated rings. The molecular formula is C12H15NO5S. The summed E-state index contributed by atoms with van der Waals surface area (Å²) in [4.78, 5) is 10.8. The Morgan fingerprint density at radius 3 is 2.47 bits per heavy atom. The van der Waals surface area contributed by atoms with Crippen LogP contribution in [0.2, 0.25) is 0 Å². The molecule has 0 aromatic heterocycles. The maximum Gasteiger partial charge on any atom is 0.335 e. The van der Waals surface area contributed by atoms with Crippen molar-refractivity contribution in [2.24, 2.45) is 0 Å². The van der Waals surface area contributed by atoms with Gasteiger partial charge in [0.05, 0.1) is 22.6 Å². The third kappa shape index (κ3) is 3.12. The van der Waals surface area contributed by atoms with Crippen LogP contribution in [-0.4, -0.2) is 38.2 Å². The van der Waals surface area contributed by atoms with E-state index in [0.717, 1.165) is 0 Å². The Morgan fingerprint density at radius 1 is 1.37 bits per heavy atom. The van der Waals surface area contributed by atoms with Crippen molar-refractivity contribution in [1.82, 2.24) is 4.72 Å². The van der Waals surface area contributed by atoms with E-state index in [0.29, 0.717) is 13.0 Å². The van der Waals surface area contributed by atoms with Crippen molar-refractivity contribution in [3.05, 3.63) is 29.8 Å². The number of rotatable bonds is 4. The highest BCUT2D eigenvalue weighted by Gasteiger charge is 2.29. The fourth-order valence-electron chi connectivity index (χ4n) is 1.93. The van der Waals surface area contributed by atoms with Gasteiger partial charge < -0.3 is 9.84 Å². The zero-order valence-corrected chi connectivity index (χ0v) is 11.2. The largest absolute Gasteiger partial charge is 0.478 e. The van der Waals surface area contributed by atoms with E-state index in [1.165, 1.54) is 24.3 Å². The van der Waals surface area contributed by atoms with Gasteiger partial charge in [-0.1, -0.05) is 0 Å². The van der Waals surface area contributed by atoms with Gasteiger partial charge in [0.2, 0.25) is 10.0 Å². The normalized spacial score (nSPS) is 23.4. The highest BCUT2D eigenvalue weighted by molar-refractivity contribution is 7.89. The van der Waals surface area contributed by atoms with E-state index in [-0.39, 0.29) is 22.6 Å². The van der Waals surface area contributed by atoms with E-state index in [1.54, 1.807) is 0 Å². The van der Waals surface area contributed by atoms with E-state index in [9.17, 15) is 13.2 Å². The first-order valence-electron chi connectivity index (χ1n) is 5.87. The molecule has 2 N–H and O–H groups in total. The topological polar surface area (TPSA) is 92.7 Å². The van der Waals surface area contributed by atoms with Gasteiger partial charge in [0.15, 0.2) is 0 Å². The number of carbonyl (C=O) groups is 1. The van der Waals surface area contributed by atoms with Crippen LogP contribution in [0.4, 0.5) is 0 Å². The molecule has 0 bridgehead atoms. The lowest BCUT2D eigenvalue weighted by molar-refractivity contribution is 0.0696. The van der Waals surface area contributed by atoms with E-state index in [1.807, 2.05) is 6.92 Å². The highest BCUT2D eigenvalue weighted by Crippen LogP contribution is 2.17. The van der Waals surface area contributed by atoms with Gasteiger partial charge in [0.1, 0.15) is 0 Å². The number of carboxylic acid groups (broad SMARTS) is 1. The van der Waals surface area contributed by atoms with Gasteiger partial charge in [-0.3, -0.25) is 0 Å². The second-order valence-corrected chi connectivity index (χ2v) is 6.14. The SMILES string of the molecule is CC1OCCC1NS(=O)(=O)c1ccc(C(=O)O)cc1. The van der Waals surface area contributed by atoms with Crippen LogP contribution in [0.5, 0.6) is 0 Å². The minimum absolute atomic E-state index is 0.0523. The van der Waals surface area contributed by atoms with Crippen LogP contribution < -0.4 is 4.72 Å². The van der Waals surface area contributed by atoms with Gasteiger partial charge in [-0.15, -0.1) is 0 Å². The molecule has 6 nitrogen and oxygen atoms in total. The smallest absolute Gasteiger partial charge is 0.335 e. The van der Waals surface area contributed by atoms with Crippen molar-refractivity contribution in [2.75, 3.05) is 6.61 Å². The Balaban J connectivity index is 2.17. The molecule has 0 aliphatic carbocycles. The lowest BCUT2D eigenvalue weighted by atomic mass is 10.2. The van der Waals surface area contributed by atoms with Gasteiger partial charge in [0.25, 0.3) is 0 Å². The first kappa shape index (κ1) is 14.0. The Labute approximate surface area is 111 Å². The molecule has 1 saturated heterocycles. The summed E-state index contributed by atoms with van der Waals surface area (Å²) in [5.41, 5.74) is 0.0523. The number of carboxylic acids is 1. The molecule has 19 heavy (non-hydrogen) atoms. The monoisotopic (exact) mass is 285 g/mol. The molecule has 0 radical (unpaired) electrons. The van der Waals surface area contributed by atoms with Crippen LogP contribution in [0.3, 0.4) is 0 Å². The average Bonchev–Trinajstić information content (AvgIpc) is 2.74. The van der Waals surface area contributed by atoms with Crippen LogP contribution in [0.15, 0.2) is 29.2 Å². The number of hydrogen-bond donors (Lipinski definition) is 2. The van der Waals surface area contributed by atoms with Crippen LogP contribution >= 0.6 is 0 Å². The Hall–Kier alpha value is -1.44. The predicted octanol–water partition coefficient (Wildman–Crippen LogP) is 0.840. The van der Waals surface area contributed by atoms with Gasteiger partial charge in [0, 0.05) is 6.61 Å². The fourth-order valence-corrected chi connectivity index (χ4v) is 3.27. The second-order valence-electron chi connectivity index (χ2n) is 4.42. The fraction of sp³-hybridized carbons (Fsp3) is 0.417. The van der Waals surface area contributed by atoms with Gasteiger partial charge in [-0.05, 0) is 37.6 Å². The standard InChI is InChI=1S/C12H15NO5S/c1-8-11(6-7-18-8)13-19(16,17)10-4-2-9(3-5-10)12(14)15/h2-5,8,11,13H,6-7H2,1H3,(H,14,15). The first-order chi connectivity index (χ1) is 8.90. The Morgan fingerprint density at radius 2 is 2.00 bits per heavy atom. The molecular weight excluding hydrogens is 270 g/mol. The minimum Gasteiger partial charge on any atom is -0.478 e. The minimum atomic E-state index is -3.64. The predicted molar refractivity (Wildman–Crippen MR) is 67.5 cm³/mol. The van der Waals surface area contributed by atoms with Gasteiger partial charge in [-0.25, -0.2) is 17.9 Å². The summed E-state index contributed by atoms with van der Waals surface area (Å²) in [5, 5.41) is 8.76. The summed E-state index contributed by atoms with van der Waals surface area (Å²) >= 11 is 0. The Kier molecular flexibility index (Phi) is 3.88. The summed E-state index contributed by atoms with van der Waals surface area (Å²) in [7, 11) is -3.64. The second kappa shape index (κ2) is 5.28. The van der Waals surface area contributed by atoms with Crippen molar-refractivity contribution in [3.8, 4) is 0 Å². The van der Waals surface area contributed by atoms with E-state index in [4.69, 9.17) is 9.84 Å². The number of nitrogens with one attached hydrogen (secondary N) is 1. The number of benzene rings is 1. The van der Waals surface area contributed by atoms with Crippen LogP contribution in [-0.2, 0) is 14.8 Å². The van der Waals surface area contributed by atoms with Crippen molar-refractivity contribution in [2.45, 2.75) is 30.4 Å². The average molecular weight is 285 g/mol. The van der Waals surface area contributed by atoms with Crippen LogP contribution in [0.1, 0.15) is 23.7 Å². The molecule has 2 rings (SSSR count). The van der Waals surface area contributed by atoms with Crippen LogP contribution in [0, 0.1) is 0 Å². The molecule has 2 atom stereocenters. The molecule has 1 heterocycles. The number of ether oxygens (including phenoxy) is 1. The van der Waals surface area contributed by atoms with Gasteiger partial charge in [-0.2, -0.15) is 0 Å². The molecule has 104 valence electrons. The third-order valence-corrected chi connectivity index (χ3v) is 4.60. The summed E-state index contributed by atoms with van der Waals surface area (Å²) in [6.45, 7) is 2.35. The quantitative estimate of drug-likeness (QED) is 0.855. The molecule has 0 amide bonds. The number of sulfonamides is 1. The molecule has 2 unspecified atom stereocenters. The summed E-state index contributed by atoms with van der Waals surface area (Å²) in [6.07, 6.45) is 0.473. The number of hydrogen-bond acceptors (Lipinski definition) is 4. The molecule has 0 saturated carbocycles. The van der Waals surface area contributed by atoms with Crippen molar-refractivity contribution < 1.29 is 23.1 Å². The maximum absolute atomic E-state index is 12.1. The zero-order chi connectivity index (χ0) is 14.0. The van der Waals surface area contributed by atoms with Gasteiger partial charge >= 0.3 is 5.97 Å². The van der Waals surface area contributed by atoms with Crippen molar-refractivity contribution in [1.29, 1.82) is 0 Å². The van der Waals surface area contributed by atoms with Crippen molar-refractivity contribution >= 4 is 16.0 Å². The first-order valence-corrected chi connectivity index (χ1v) is 7.36. The highest BCUT2D eigenvalue weighted by atomic mass is 32.2. The molecule has 7 heteroatoms. The molecule has 1 aliphatic rings. The Bertz CT molecular complexity index is 566. The molecule has 0 spiro atoms. The molecule has 1 aromatic rings.